The predicted octanol–water partition coefficient (Wildman–Crippen LogP) is 6.66. The van der Waals surface area contributed by atoms with E-state index in [9.17, 15) is 44.7 Å². The van der Waals surface area contributed by atoms with Gasteiger partial charge in [0.25, 0.3) is 5.76 Å². The van der Waals surface area contributed by atoms with Gasteiger partial charge in [0, 0.05) is 41.7 Å². The molecule has 8 rings (SSSR count). The molecule has 1 spiro atoms. The highest BCUT2D eigenvalue weighted by molar-refractivity contribution is 6.32. The molecule has 0 radical (unpaired) electrons. The molecule has 66 heavy (non-hydrogen) atoms. The van der Waals surface area contributed by atoms with E-state index in [1.165, 1.54) is 18.2 Å². The molecule has 5 N–H and O–H groups in total. The van der Waals surface area contributed by atoms with Gasteiger partial charge in [-0.15, -0.1) is 0 Å². The molecule has 1 saturated carbocycles. The highest BCUT2D eigenvalue weighted by Gasteiger charge is 2.60. The number of hydrogen-bond acceptors (Lipinski definition) is 15. The molecule has 360 valence electrons. The summed E-state index contributed by atoms with van der Waals surface area (Å²) in [7, 11) is 0. The number of phenols is 1. The predicted molar refractivity (Wildman–Crippen MR) is 233 cm³/mol. The van der Waals surface area contributed by atoms with Gasteiger partial charge in [-0.3, -0.25) is 4.79 Å². The molecule has 2 bridgehead atoms. The van der Waals surface area contributed by atoms with Crippen LogP contribution in [-0.4, -0.2) is 110 Å². The molecular formula is C49H61ClO16. The lowest BCUT2D eigenvalue weighted by atomic mass is 9.55. The summed E-state index contributed by atoms with van der Waals surface area (Å²) in [6.45, 7) is 8.47. The van der Waals surface area contributed by atoms with Crippen molar-refractivity contribution in [1.29, 1.82) is 0 Å². The van der Waals surface area contributed by atoms with Crippen LogP contribution in [0.5, 0.6) is 5.75 Å². The number of phenolic OH excluding ortho intramolecular Hbond substituents is 1. The zero-order valence-corrected chi connectivity index (χ0v) is 38.6. The first-order valence-corrected chi connectivity index (χ1v) is 23.6. The minimum Gasteiger partial charge on any atom is -0.507 e. The van der Waals surface area contributed by atoms with E-state index in [4.69, 9.17) is 44.8 Å². The molecule has 3 aliphatic carbocycles. The number of carboxylic acid groups (broad SMARTS) is 1. The van der Waals surface area contributed by atoms with Gasteiger partial charge in [-0.25, -0.2) is 14.4 Å². The fourth-order valence-electron chi connectivity index (χ4n) is 11.5. The molecule has 4 heterocycles. The van der Waals surface area contributed by atoms with Crippen molar-refractivity contribution in [1.82, 2.24) is 0 Å². The van der Waals surface area contributed by atoms with Crippen LogP contribution in [0.4, 0.5) is 0 Å². The number of esters is 3. The van der Waals surface area contributed by atoms with E-state index in [0.717, 1.165) is 12.8 Å². The number of aliphatic hydroxyl groups is 3. The Morgan fingerprint density at radius 1 is 0.894 bits per heavy atom. The van der Waals surface area contributed by atoms with E-state index in [1.807, 2.05) is 19.1 Å². The minimum absolute atomic E-state index is 0.0120. The second kappa shape index (κ2) is 19.0. The maximum Gasteiger partial charge on any atom is 0.379 e. The Bertz CT molecular complexity index is 2190. The number of ether oxygens (including phenoxy) is 7. The van der Waals surface area contributed by atoms with Gasteiger partial charge in [-0.1, -0.05) is 61.7 Å². The third-order valence-electron chi connectivity index (χ3n) is 15.2. The number of aromatic hydroxyl groups is 1. The van der Waals surface area contributed by atoms with Gasteiger partial charge < -0.3 is 58.7 Å². The Hall–Kier alpha value is -4.29. The van der Waals surface area contributed by atoms with E-state index < -0.39 is 114 Å². The van der Waals surface area contributed by atoms with E-state index in [2.05, 4.69) is 6.08 Å². The summed E-state index contributed by atoms with van der Waals surface area (Å²) in [4.78, 5) is 53.6. The average molecular weight is 941 g/mol. The summed E-state index contributed by atoms with van der Waals surface area (Å²) in [6, 6.07) is 2.75. The van der Waals surface area contributed by atoms with Gasteiger partial charge in [0.2, 0.25) is 0 Å². The number of aliphatic carboxylic acids is 1. The molecule has 17 heteroatoms. The molecule has 1 aromatic carbocycles. The molecule has 16 atom stereocenters. The van der Waals surface area contributed by atoms with Gasteiger partial charge in [0.15, 0.2) is 23.9 Å². The van der Waals surface area contributed by atoms with Crippen LogP contribution in [0, 0.1) is 41.9 Å². The Kier molecular flexibility index (Phi) is 13.9. The summed E-state index contributed by atoms with van der Waals surface area (Å²) < 4.78 is 42.8. The van der Waals surface area contributed by atoms with E-state index in [-0.39, 0.29) is 58.9 Å². The Morgan fingerprint density at radius 2 is 1.64 bits per heavy atom. The van der Waals surface area contributed by atoms with Crippen LogP contribution in [0.3, 0.4) is 0 Å². The molecule has 7 aliphatic rings. The van der Waals surface area contributed by atoms with Crippen LogP contribution in [0.1, 0.15) is 108 Å². The number of carboxylic acids is 1. The number of carbonyl (C=O) groups is 4. The van der Waals surface area contributed by atoms with Crippen molar-refractivity contribution in [2.75, 3.05) is 0 Å². The summed E-state index contributed by atoms with van der Waals surface area (Å²) in [6.07, 6.45) is 6.18. The number of rotatable bonds is 7. The number of allylic oxidation sites excluding steroid dienone is 2. The zero-order chi connectivity index (χ0) is 47.4. The van der Waals surface area contributed by atoms with Gasteiger partial charge >= 0.3 is 23.9 Å². The van der Waals surface area contributed by atoms with Crippen LogP contribution in [0.2, 0.25) is 5.02 Å². The molecule has 0 unspecified atom stereocenters. The minimum atomic E-state index is -1.62. The van der Waals surface area contributed by atoms with E-state index in [1.54, 1.807) is 33.8 Å². The number of halogens is 1. The second-order valence-corrected chi connectivity index (χ2v) is 19.8. The molecular weight excluding hydrogens is 880 g/mol. The molecule has 16 nitrogen and oxygen atoms in total. The van der Waals surface area contributed by atoms with Gasteiger partial charge in [0.05, 0.1) is 29.8 Å². The average Bonchev–Trinajstić information content (AvgIpc) is 3.48. The lowest BCUT2D eigenvalue weighted by Gasteiger charge is -2.51. The van der Waals surface area contributed by atoms with Crippen molar-refractivity contribution in [3.8, 4) is 5.75 Å². The number of benzene rings is 1. The molecule has 4 aliphatic heterocycles. The third kappa shape index (κ3) is 8.83. The highest BCUT2D eigenvalue weighted by Crippen LogP contribution is 2.55. The maximum atomic E-state index is 14.7. The number of aliphatic hydroxyl groups excluding tert-OH is 3. The van der Waals surface area contributed by atoms with Crippen LogP contribution in [0.15, 0.2) is 59.6 Å². The van der Waals surface area contributed by atoms with Crippen molar-refractivity contribution in [2.24, 2.45) is 35.0 Å². The fraction of sp³-hybridized carbons (Fsp3) is 0.633. The van der Waals surface area contributed by atoms with Crippen LogP contribution >= 0.6 is 11.6 Å². The Labute approximate surface area is 388 Å². The Balaban J connectivity index is 0.954. The topological polar surface area (TPSA) is 234 Å². The molecule has 2 saturated heterocycles. The second-order valence-electron chi connectivity index (χ2n) is 19.4. The number of carbonyl (C=O) groups excluding carboxylic acids is 3. The quantitative estimate of drug-likeness (QED) is 0.109. The lowest BCUT2D eigenvalue weighted by Crippen LogP contribution is -2.56. The summed E-state index contributed by atoms with van der Waals surface area (Å²) in [5, 5.41) is 54.7. The Morgan fingerprint density at radius 3 is 2.38 bits per heavy atom. The van der Waals surface area contributed by atoms with Crippen molar-refractivity contribution in [3.63, 3.8) is 0 Å². The smallest absolute Gasteiger partial charge is 0.379 e. The first-order valence-electron chi connectivity index (χ1n) is 23.2. The van der Waals surface area contributed by atoms with Crippen molar-refractivity contribution < 1.29 is 77.9 Å². The zero-order valence-electron chi connectivity index (χ0n) is 37.8. The van der Waals surface area contributed by atoms with Gasteiger partial charge in [-0.2, -0.15) is 0 Å². The van der Waals surface area contributed by atoms with Crippen molar-refractivity contribution >= 4 is 35.5 Å². The number of fused-ring (bicyclic) bond motifs is 3. The highest BCUT2D eigenvalue weighted by atomic mass is 35.5. The van der Waals surface area contributed by atoms with Crippen LogP contribution < -0.4 is 0 Å². The largest absolute Gasteiger partial charge is 0.507 e. The summed E-state index contributed by atoms with van der Waals surface area (Å²) >= 11 is 6.19. The van der Waals surface area contributed by atoms with Crippen LogP contribution in [0.25, 0.3) is 0 Å². The normalized spacial score (nSPS) is 40.9. The SMILES string of the molecule is Cc1c(Cl)ccc(O)c1C(=O)O[C@@H]1C[C@H](O[C@H]2[C@H](O)C[C@H](O[C@H]3CCC[C@@H]4[C@@H]3C=C[C@H]3CCCC/C=C/[C@@H]5C=C(C(=O)O)[C@H](C)C[C@]56OC(=O)C(=C6O)OC(=O)[C@@]43C)O[C@@H]2C)O[C@H](C)[C@H]1O. The molecule has 1 aromatic rings. The molecule has 0 aromatic heterocycles. The first kappa shape index (κ1) is 48.2. The maximum absolute atomic E-state index is 14.7. The molecule has 0 amide bonds. The standard InChI is InChI=1S/C49H61ClO16/c1-23-22-49-28(19-30(23)44(55)56)12-9-7-6-8-11-27-15-16-29-31(48(27,5)47(59)65-42(43(49)54)46(58)66-49)13-10-14-35(29)62-37-20-34(52)41(26(4)61-37)64-38-21-36(40(53)25(3)60-38)63-45(57)39-24(2)32(50)17-18-33(39)51/h9,12,15-19,23,25-29,31,34-38,40-41,51-54H,6-8,10-11,13-14,20-22H2,1-5H3,(H,55,56)/b12-9+/t23-,25-,26-,27-,28-,29+,31-,34-,35+,36-,37+,38+,40-,41-,48-,49+/m1/s1. The fourth-order valence-corrected chi connectivity index (χ4v) is 11.7. The van der Waals surface area contributed by atoms with Crippen molar-refractivity contribution in [3.05, 3.63) is 75.8 Å². The van der Waals surface area contributed by atoms with Gasteiger partial charge in [-0.05, 0) is 95.2 Å². The first-order chi connectivity index (χ1) is 31.3. The lowest BCUT2D eigenvalue weighted by molar-refractivity contribution is -0.318. The van der Waals surface area contributed by atoms with Crippen LogP contribution in [-0.2, 0) is 47.5 Å². The summed E-state index contributed by atoms with van der Waals surface area (Å²) in [5.74, 6) is -7.22. The number of hydrogen-bond donors (Lipinski definition) is 5. The monoisotopic (exact) mass is 940 g/mol. The van der Waals surface area contributed by atoms with E-state index >= 15 is 0 Å². The van der Waals surface area contributed by atoms with E-state index in [0.29, 0.717) is 37.7 Å². The van der Waals surface area contributed by atoms with Crippen molar-refractivity contribution in [2.45, 2.75) is 160 Å². The van der Waals surface area contributed by atoms with Gasteiger partial charge in [0.1, 0.15) is 29.6 Å². The third-order valence-corrected chi connectivity index (χ3v) is 15.7. The summed E-state index contributed by atoms with van der Waals surface area (Å²) in [5.41, 5.74) is -2.41. The molecule has 3 fully saturated rings.